The molecule has 0 aliphatic carbocycles. The molecule has 0 bridgehead atoms. The number of benzene rings is 2. The summed E-state index contributed by atoms with van der Waals surface area (Å²) in [5.41, 5.74) is 2.86. The van der Waals surface area contributed by atoms with E-state index in [-0.39, 0.29) is 12.0 Å². The van der Waals surface area contributed by atoms with Gasteiger partial charge >= 0.3 is 0 Å². The van der Waals surface area contributed by atoms with Crippen LogP contribution in [-0.2, 0) is 4.74 Å². The first-order valence-electron chi connectivity index (χ1n) is 10.7. The first kappa shape index (κ1) is 21.8. The van der Waals surface area contributed by atoms with Crippen molar-refractivity contribution in [1.29, 1.82) is 0 Å². The van der Waals surface area contributed by atoms with Crippen LogP contribution in [0.25, 0.3) is 10.9 Å². The number of carbonyl (C=O) groups excluding carboxylic acids is 1. The Morgan fingerprint density at radius 3 is 2.53 bits per heavy atom. The zero-order chi connectivity index (χ0) is 21.0. The zero-order valence-electron chi connectivity index (χ0n) is 17.6. The molecule has 0 spiro atoms. The molecule has 1 amide bonds. The summed E-state index contributed by atoms with van der Waals surface area (Å²) in [6, 6.07) is 19.5. The van der Waals surface area contributed by atoms with Gasteiger partial charge in [-0.25, -0.2) is 0 Å². The highest BCUT2D eigenvalue weighted by Crippen LogP contribution is 2.21. The summed E-state index contributed by atoms with van der Waals surface area (Å²) in [7, 11) is 1.77. The minimum absolute atomic E-state index is 0.0146. The van der Waals surface area contributed by atoms with Gasteiger partial charge in [0.1, 0.15) is 0 Å². The lowest BCUT2D eigenvalue weighted by atomic mass is 10.1. The fourth-order valence-corrected chi connectivity index (χ4v) is 3.57. The Kier molecular flexibility index (Phi) is 8.66. The van der Waals surface area contributed by atoms with E-state index in [0.717, 1.165) is 55.2 Å². The van der Waals surface area contributed by atoms with Gasteiger partial charge in [-0.1, -0.05) is 36.4 Å². The predicted molar refractivity (Wildman–Crippen MR) is 123 cm³/mol. The van der Waals surface area contributed by atoms with E-state index in [2.05, 4.69) is 21.7 Å². The van der Waals surface area contributed by atoms with Crippen LogP contribution in [0.4, 0.5) is 5.69 Å². The van der Waals surface area contributed by atoms with E-state index in [0.29, 0.717) is 12.1 Å². The monoisotopic (exact) mass is 405 g/mol. The lowest BCUT2D eigenvalue weighted by Gasteiger charge is -2.16. The van der Waals surface area contributed by atoms with Crippen LogP contribution in [0.2, 0.25) is 0 Å². The first-order chi connectivity index (χ1) is 14.8. The van der Waals surface area contributed by atoms with Gasteiger partial charge in [-0.2, -0.15) is 0 Å². The molecule has 5 heteroatoms. The fraction of sp³-hybridized carbons (Fsp3) is 0.360. The van der Waals surface area contributed by atoms with Crippen molar-refractivity contribution in [3.63, 3.8) is 0 Å². The summed E-state index contributed by atoms with van der Waals surface area (Å²) in [6.45, 7) is 1.60. The van der Waals surface area contributed by atoms with Crippen LogP contribution in [0.15, 0.2) is 66.9 Å². The van der Waals surface area contributed by atoms with E-state index in [4.69, 9.17) is 4.74 Å². The Labute approximate surface area is 178 Å². The van der Waals surface area contributed by atoms with Gasteiger partial charge in [0.15, 0.2) is 0 Å². The maximum absolute atomic E-state index is 12.0. The molecule has 2 aromatic carbocycles. The Bertz CT molecular complexity index is 909. The molecule has 1 unspecified atom stereocenters. The summed E-state index contributed by atoms with van der Waals surface area (Å²) in [6.07, 6.45) is 7.17. The molecule has 0 radical (unpaired) electrons. The summed E-state index contributed by atoms with van der Waals surface area (Å²) in [5.74, 6) is -0.0146. The van der Waals surface area contributed by atoms with Gasteiger partial charge < -0.3 is 15.4 Å². The van der Waals surface area contributed by atoms with Crippen molar-refractivity contribution in [2.24, 2.45) is 0 Å². The van der Waals surface area contributed by atoms with Crippen LogP contribution >= 0.6 is 0 Å². The minimum Gasteiger partial charge on any atom is -0.384 e. The lowest BCUT2D eigenvalue weighted by molar-refractivity contribution is 0.0826. The average Bonchev–Trinajstić information content (AvgIpc) is 2.80. The second-order valence-corrected chi connectivity index (χ2v) is 7.42. The molecule has 0 saturated heterocycles. The van der Waals surface area contributed by atoms with E-state index < -0.39 is 0 Å². The lowest BCUT2D eigenvalue weighted by Crippen LogP contribution is -2.25. The molecule has 0 aliphatic rings. The number of hydrogen-bond donors (Lipinski definition) is 2. The van der Waals surface area contributed by atoms with Crippen molar-refractivity contribution in [2.45, 2.75) is 38.2 Å². The molecular formula is C25H31N3O2. The van der Waals surface area contributed by atoms with Gasteiger partial charge in [-0.15, -0.1) is 0 Å². The van der Waals surface area contributed by atoms with E-state index in [1.54, 1.807) is 7.11 Å². The highest BCUT2D eigenvalue weighted by molar-refractivity contribution is 5.94. The van der Waals surface area contributed by atoms with Gasteiger partial charge in [0, 0.05) is 43.0 Å². The number of aromatic nitrogens is 1. The number of nitrogens with one attached hydrogen (secondary N) is 2. The summed E-state index contributed by atoms with van der Waals surface area (Å²) < 4.78 is 5.62. The molecule has 30 heavy (non-hydrogen) atoms. The number of ether oxygens (including phenoxy) is 1. The molecule has 2 N–H and O–H groups in total. The highest BCUT2D eigenvalue weighted by atomic mass is 16.5. The third-order valence-electron chi connectivity index (χ3n) is 5.28. The zero-order valence-corrected chi connectivity index (χ0v) is 17.6. The quantitative estimate of drug-likeness (QED) is 0.414. The number of para-hydroxylation sites is 1. The van der Waals surface area contributed by atoms with E-state index in [1.165, 1.54) is 0 Å². The van der Waals surface area contributed by atoms with Gasteiger partial charge in [0.05, 0.1) is 11.6 Å². The van der Waals surface area contributed by atoms with Crippen molar-refractivity contribution in [2.75, 3.05) is 25.5 Å². The molecule has 3 rings (SSSR count). The molecule has 158 valence electrons. The molecule has 1 heterocycles. The SMILES string of the molecule is COC(CCCCNc1ccnc2ccccc12)CCCNC(=O)c1ccccc1. The highest BCUT2D eigenvalue weighted by Gasteiger charge is 2.08. The number of pyridine rings is 1. The summed E-state index contributed by atoms with van der Waals surface area (Å²) in [5, 5.41) is 7.67. The van der Waals surface area contributed by atoms with Crippen molar-refractivity contribution in [1.82, 2.24) is 10.3 Å². The van der Waals surface area contributed by atoms with E-state index in [9.17, 15) is 4.79 Å². The predicted octanol–water partition coefficient (Wildman–Crippen LogP) is 5.04. The minimum atomic E-state index is -0.0146. The summed E-state index contributed by atoms with van der Waals surface area (Å²) in [4.78, 5) is 16.4. The van der Waals surface area contributed by atoms with Crippen molar-refractivity contribution < 1.29 is 9.53 Å². The van der Waals surface area contributed by atoms with Crippen LogP contribution in [0.1, 0.15) is 42.5 Å². The van der Waals surface area contributed by atoms with Gasteiger partial charge in [0.2, 0.25) is 0 Å². The van der Waals surface area contributed by atoms with Crippen LogP contribution in [-0.4, -0.2) is 37.2 Å². The van der Waals surface area contributed by atoms with Crippen molar-refractivity contribution in [3.05, 3.63) is 72.4 Å². The second-order valence-electron chi connectivity index (χ2n) is 7.42. The Morgan fingerprint density at radius 2 is 1.70 bits per heavy atom. The number of anilines is 1. The maximum atomic E-state index is 12.0. The van der Waals surface area contributed by atoms with Crippen LogP contribution in [0, 0.1) is 0 Å². The van der Waals surface area contributed by atoms with E-state index in [1.807, 2.05) is 60.8 Å². The first-order valence-corrected chi connectivity index (χ1v) is 10.7. The molecule has 0 fully saturated rings. The number of rotatable bonds is 12. The third-order valence-corrected chi connectivity index (χ3v) is 5.28. The van der Waals surface area contributed by atoms with Crippen LogP contribution in [0.3, 0.4) is 0 Å². The Morgan fingerprint density at radius 1 is 0.933 bits per heavy atom. The Hall–Kier alpha value is -2.92. The molecule has 1 atom stereocenters. The summed E-state index contributed by atoms with van der Waals surface area (Å²) >= 11 is 0. The normalized spacial score (nSPS) is 11.9. The number of methoxy groups -OCH3 is 1. The molecule has 5 nitrogen and oxygen atoms in total. The number of carbonyl (C=O) groups is 1. The number of fused-ring (bicyclic) bond motifs is 1. The third kappa shape index (κ3) is 6.56. The van der Waals surface area contributed by atoms with Gasteiger partial charge in [-0.3, -0.25) is 9.78 Å². The molecule has 0 aliphatic heterocycles. The van der Waals surface area contributed by atoms with E-state index >= 15 is 0 Å². The smallest absolute Gasteiger partial charge is 0.251 e. The number of nitrogens with zero attached hydrogens (tertiary/aromatic N) is 1. The average molecular weight is 406 g/mol. The fourth-order valence-electron chi connectivity index (χ4n) is 3.57. The topological polar surface area (TPSA) is 63.2 Å². The van der Waals surface area contributed by atoms with Crippen molar-refractivity contribution >= 4 is 22.5 Å². The van der Waals surface area contributed by atoms with Crippen LogP contribution in [0.5, 0.6) is 0 Å². The molecule has 1 aromatic heterocycles. The number of unbranched alkanes of at least 4 members (excludes halogenated alkanes) is 1. The van der Waals surface area contributed by atoms with Crippen LogP contribution < -0.4 is 10.6 Å². The maximum Gasteiger partial charge on any atom is 0.251 e. The largest absolute Gasteiger partial charge is 0.384 e. The van der Waals surface area contributed by atoms with Gasteiger partial charge in [0.25, 0.3) is 5.91 Å². The number of hydrogen-bond acceptors (Lipinski definition) is 4. The Balaban J connectivity index is 1.30. The molecule has 0 saturated carbocycles. The van der Waals surface area contributed by atoms with Crippen molar-refractivity contribution in [3.8, 4) is 0 Å². The second kappa shape index (κ2) is 11.9. The number of amides is 1. The molecule has 3 aromatic rings. The molecular weight excluding hydrogens is 374 g/mol. The van der Waals surface area contributed by atoms with Gasteiger partial charge in [-0.05, 0) is 56.4 Å². The standard InChI is InChI=1S/C25H31N3O2/c1-30-21(13-9-18-28-25(29)20-10-3-2-4-11-20)12-7-8-17-26-24-16-19-27-23-15-6-5-14-22(23)24/h2-6,10-11,14-16,19,21H,7-9,12-13,17-18H2,1H3,(H,26,27)(H,28,29).